The number of methoxy groups -OCH3 is 1. The minimum atomic E-state index is -1.04. The highest BCUT2D eigenvalue weighted by atomic mass is 35.5. The molecule has 0 aliphatic heterocycles. The molecule has 1 aromatic heterocycles. The number of esters is 1. The van der Waals surface area contributed by atoms with E-state index >= 15 is 0 Å². The van der Waals surface area contributed by atoms with E-state index in [9.17, 15) is 23.9 Å². The molecule has 7 nitrogen and oxygen atoms in total. The highest BCUT2D eigenvalue weighted by Crippen LogP contribution is 2.34. The number of hydrogen-bond acceptors (Lipinski definition) is 5. The molecule has 25 heavy (non-hydrogen) atoms. The first-order valence-electron chi connectivity index (χ1n) is 7.02. The Hall–Kier alpha value is -2.87. The molecule has 2 aromatic rings. The number of aromatic amines is 1. The van der Waals surface area contributed by atoms with Gasteiger partial charge in [-0.2, -0.15) is 0 Å². The number of aromatic hydroxyl groups is 1. The second kappa shape index (κ2) is 7.35. The number of halogens is 2. The number of H-pyrrole nitrogens is 1. The summed E-state index contributed by atoms with van der Waals surface area (Å²) in [5.74, 6) is -4.03. The van der Waals surface area contributed by atoms with E-state index in [0.717, 1.165) is 19.4 Å². The first-order valence-corrected chi connectivity index (χ1v) is 7.40. The molecule has 0 aliphatic rings. The maximum atomic E-state index is 13.4. The predicted octanol–water partition coefficient (Wildman–Crippen LogP) is 1.67. The monoisotopic (exact) mass is 368 g/mol. The van der Waals surface area contributed by atoms with Crippen LogP contribution in [0.25, 0.3) is 0 Å². The number of primary amides is 1. The maximum absolute atomic E-state index is 13.4. The number of amides is 1. The zero-order valence-electron chi connectivity index (χ0n) is 13.0. The fraction of sp³-hybridized carbons (Fsp3) is 0.188. The minimum absolute atomic E-state index is 0.230. The molecule has 1 atom stereocenters. The summed E-state index contributed by atoms with van der Waals surface area (Å²) in [5, 5.41) is 10.1. The first-order chi connectivity index (χ1) is 11.8. The third kappa shape index (κ3) is 3.80. The number of aromatic nitrogens is 1. The van der Waals surface area contributed by atoms with Crippen molar-refractivity contribution in [2.75, 3.05) is 7.11 Å². The lowest BCUT2D eigenvalue weighted by Crippen LogP contribution is -2.23. The lowest BCUT2D eigenvalue weighted by Gasteiger charge is -2.18. The molecule has 1 aromatic carbocycles. The highest BCUT2D eigenvalue weighted by Gasteiger charge is 2.27. The summed E-state index contributed by atoms with van der Waals surface area (Å²) < 4.78 is 17.9. The van der Waals surface area contributed by atoms with Crippen molar-refractivity contribution in [2.45, 2.75) is 12.3 Å². The van der Waals surface area contributed by atoms with Gasteiger partial charge in [-0.1, -0.05) is 17.7 Å². The Bertz CT molecular complexity index is 897. The van der Waals surface area contributed by atoms with Crippen LogP contribution in [0.4, 0.5) is 4.39 Å². The van der Waals surface area contributed by atoms with Crippen molar-refractivity contribution >= 4 is 23.5 Å². The summed E-state index contributed by atoms with van der Waals surface area (Å²) >= 11 is 5.75. The zero-order chi connectivity index (χ0) is 18.7. The largest absolute Gasteiger partial charge is 0.506 e. The normalized spacial score (nSPS) is 11.8. The fourth-order valence-corrected chi connectivity index (χ4v) is 2.63. The summed E-state index contributed by atoms with van der Waals surface area (Å²) in [6.45, 7) is 0. The number of benzene rings is 1. The van der Waals surface area contributed by atoms with Gasteiger partial charge in [-0.05, 0) is 17.7 Å². The van der Waals surface area contributed by atoms with Gasteiger partial charge in [0.15, 0.2) is 0 Å². The van der Waals surface area contributed by atoms with Crippen molar-refractivity contribution < 1.29 is 23.8 Å². The SMILES string of the molecule is COC(=O)c1c[nH]c(=O)c([C@@H](CC(N)=O)c2ccc(F)c(Cl)c2)c1O. The molecule has 0 unspecified atom stereocenters. The molecular weight excluding hydrogens is 355 g/mol. The van der Waals surface area contributed by atoms with E-state index in [1.54, 1.807) is 0 Å². The van der Waals surface area contributed by atoms with E-state index in [-0.39, 0.29) is 28.1 Å². The van der Waals surface area contributed by atoms with Gasteiger partial charge in [0.05, 0.1) is 17.7 Å². The Kier molecular flexibility index (Phi) is 5.43. The highest BCUT2D eigenvalue weighted by molar-refractivity contribution is 6.30. The molecular formula is C16H14ClFN2O5. The Labute approximate surface area is 146 Å². The Morgan fingerprint density at radius 3 is 2.68 bits per heavy atom. The second-order valence-electron chi connectivity index (χ2n) is 5.18. The molecule has 1 amide bonds. The molecule has 0 bridgehead atoms. The molecule has 0 aliphatic carbocycles. The van der Waals surface area contributed by atoms with Crippen LogP contribution < -0.4 is 11.3 Å². The van der Waals surface area contributed by atoms with E-state index < -0.39 is 34.9 Å². The van der Waals surface area contributed by atoms with Crippen LogP contribution in [0.3, 0.4) is 0 Å². The molecule has 132 valence electrons. The summed E-state index contributed by atoms with van der Waals surface area (Å²) in [4.78, 5) is 37.7. The van der Waals surface area contributed by atoms with E-state index in [1.165, 1.54) is 12.1 Å². The summed E-state index contributed by atoms with van der Waals surface area (Å²) in [6.07, 6.45) is 0.620. The number of pyridine rings is 1. The van der Waals surface area contributed by atoms with Gasteiger partial charge < -0.3 is 20.6 Å². The van der Waals surface area contributed by atoms with Crippen LogP contribution in [-0.4, -0.2) is 29.1 Å². The molecule has 0 fully saturated rings. The lowest BCUT2D eigenvalue weighted by molar-refractivity contribution is -0.118. The summed E-state index contributed by atoms with van der Waals surface area (Å²) in [5.41, 5.74) is 4.20. The van der Waals surface area contributed by atoms with E-state index in [1.807, 2.05) is 0 Å². The molecule has 0 saturated carbocycles. The van der Waals surface area contributed by atoms with E-state index in [4.69, 9.17) is 17.3 Å². The van der Waals surface area contributed by atoms with Gasteiger partial charge in [0, 0.05) is 18.5 Å². The summed E-state index contributed by atoms with van der Waals surface area (Å²) in [7, 11) is 1.10. The zero-order valence-corrected chi connectivity index (χ0v) is 13.8. The predicted molar refractivity (Wildman–Crippen MR) is 87.1 cm³/mol. The van der Waals surface area contributed by atoms with Gasteiger partial charge in [-0.15, -0.1) is 0 Å². The van der Waals surface area contributed by atoms with Gasteiger partial charge >= 0.3 is 5.97 Å². The van der Waals surface area contributed by atoms with Crippen LogP contribution in [-0.2, 0) is 9.53 Å². The van der Waals surface area contributed by atoms with Gasteiger partial charge in [0.25, 0.3) is 5.56 Å². The molecule has 4 N–H and O–H groups in total. The maximum Gasteiger partial charge on any atom is 0.343 e. The molecule has 9 heteroatoms. The number of ether oxygens (including phenoxy) is 1. The standard InChI is InChI=1S/C16H14ClFN2O5/c1-25-16(24)9-6-20-15(23)13(14(9)22)8(5-12(19)21)7-2-3-11(18)10(17)4-7/h2-4,6,8H,5H2,1H3,(H2,19,21)(H2,20,22,23)/t8-/m0/s1. The second-order valence-corrected chi connectivity index (χ2v) is 5.59. The van der Waals surface area contributed by atoms with Gasteiger partial charge in [0.2, 0.25) is 5.91 Å². The molecule has 2 rings (SSSR count). The van der Waals surface area contributed by atoms with Crippen LogP contribution in [0.2, 0.25) is 5.02 Å². The molecule has 0 radical (unpaired) electrons. The Morgan fingerprint density at radius 1 is 1.44 bits per heavy atom. The fourth-order valence-electron chi connectivity index (χ4n) is 2.44. The van der Waals surface area contributed by atoms with Crippen molar-refractivity contribution in [3.8, 4) is 5.75 Å². The lowest BCUT2D eigenvalue weighted by atomic mass is 9.87. The average molecular weight is 369 g/mol. The van der Waals surface area contributed by atoms with Crippen LogP contribution in [0.15, 0.2) is 29.2 Å². The number of rotatable bonds is 5. The van der Waals surface area contributed by atoms with Crippen molar-refractivity contribution in [1.82, 2.24) is 4.98 Å². The van der Waals surface area contributed by atoms with Gasteiger partial charge in [-0.3, -0.25) is 9.59 Å². The number of hydrogen-bond donors (Lipinski definition) is 3. The minimum Gasteiger partial charge on any atom is -0.506 e. The average Bonchev–Trinajstić information content (AvgIpc) is 2.55. The van der Waals surface area contributed by atoms with E-state index in [0.29, 0.717) is 0 Å². The number of carbonyl (C=O) groups is 2. The Balaban J connectivity index is 2.70. The topological polar surface area (TPSA) is 122 Å². The number of nitrogens with one attached hydrogen (secondary N) is 1. The molecule has 1 heterocycles. The van der Waals surface area contributed by atoms with Gasteiger partial charge in [-0.25, -0.2) is 9.18 Å². The first kappa shape index (κ1) is 18.5. The van der Waals surface area contributed by atoms with Crippen molar-refractivity contribution in [1.29, 1.82) is 0 Å². The molecule has 0 saturated heterocycles. The van der Waals surface area contributed by atoms with Crippen molar-refractivity contribution in [2.24, 2.45) is 5.73 Å². The Morgan fingerprint density at radius 2 is 2.12 bits per heavy atom. The van der Waals surface area contributed by atoms with Crippen LogP contribution >= 0.6 is 11.6 Å². The van der Waals surface area contributed by atoms with Gasteiger partial charge in [0.1, 0.15) is 17.1 Å². The van der Waals surface area contributed by atoms with E-state index in [2.05, 4.69) is 9.72 Å². The van der Waals surface area contributed by atoms with Crippen LogP contribution in [0.1, 0.15) is 33.8 Å². The number of nitrogens with two attached hydrogens (primary N) is 1. The van der Waals surface area contributed by atoms with Crippen molar-refractivity contribution in [3.63, 3.8) is 0 Å². The third-order valence-corrected chi connectivity index (χ3v) is 3.90. The smallest absolute Gasteiger partial charge is 0.343 e. The van der Waals surface area contributed by atoms with Crippen LogP contribution in [0.5, 0.6) is 5.75 Å². The van der Waals surface area contributed by atoms with Crippen molar-refractivity contribution in [3.05, 3.63) is 62.3 Å². The summed E-state index contributed by atoms with van der Waals surface area (Å²) in [6, 6.07) is 3.58. The van der Waals surface area contributed by atoms with Crippen LogP contribution in [0, 0.1) is 5.82 Å². The number of carbonyl (C=O) groups excluding carboxylic acids is 2. The quantitative estimate of drug-likeness (QED) is 0.693. The third-order valence-electron chi connectivity index (χ3n) is 3.61. The molecule has 0 spiro atoms.